The first-order valence-corrected chi connectivity index (χ1v) is 7.71. The molecule has 0 aliphatic heterocycles. The number of nitrogens with zero attached hydrogens (tertiary/aromatic N) is 1. The molecule has 0 spiro atoms. The lowest BCUT2D eigenvalue weighted by Gasteiger charge is -2.22. The van der Waals surface area contributed by atoms with Gasteiger partial charge in [-0.15, -0.1) is 0 Å². The van der Waals surface area contributed by atoms with Gasteiger partial charge in [0.15, 0.2) is 0 Å². The molecular formula is C16H17NO2S. The molecule has 0 radical (unpaired) electrons. The van der Waals surface area contributed by atoms with Crippen molar-refractivity contribution in [1.29, 1.82) is 0 Å². The molecule has 3 rings (SSSR count). The van der Waals surface area contributed by atoms with Gasteiger partial charge in [0.2, 0.25) is 0 Å². The predicted molar refractivity (Wildman–Crippen MR) is 80.1 cm³/mol. The number of rotatable bonds is 4. The molecule has 1 N–H and O–H groups in total. The summed E-state index contributed by atoms with van der Waals surface area (Å²) in [5.41, 5.74) is 2.58. The summed E-state index contributed by atoms with van der Waals surface area (Å²) in [6, 6.07) is 7.50. The number of carbonyl (C=O) groups is 1. The molecule has 1 amide bonds. The minimum Gasteiger partial charge on any atom is -0.508 e. The summed E-state index contributed by atoms with van der Waals surface area (Å²) in [6.07, 6.45) is 2.18. The summed E-state index contributed by atoms with van der Waals surface area (Å²) in [4.78, 5) is 14.6. The number of aryl methyl sites for hydroxylation is 1. The average Bonchev–Trinajstić information content (AvgIpc) is 3.15. The highest BCUT2D eigenvalue weighted by Gasteiger charge is 2.33. The molecular weight excluding hydrogens is 270 g/mol. The van der Waals surface area contributed by atoms with Gasteiger partial charge < -0.3 is 10.0 Å². The standard InChI is InChI=1S/C16H17NO2S/c1-11-8-13(2-5-15(11)18)16(19)17(14-3-4-14)9-12-6-7-20-10-12/h2,5-8,10,14,18H,3-4,9H2,1H3. The van der Waals surface area contributed by atoms with Gasteiger partial charge in [0, 0.05) is 18.2 Å². The molecule has 4 heteroatoms. The Morgan fingerprint density at radius 3 is 2.80 bits per heavy atom. The second kappa shape index (κ2) is 5.29. The maximum absolute atomic E-state index is 12.7. The van der Waals surface area contributed by atoms with Crippen LogP contribution in [0.4, 0.5) is 0 Å². The number of carbonyl (C=O) groups excluding carboxylic acids is 1. The first kappa shape index (κ1) is 13.2. The minimum absolute atomic E-state index is 0.0572. The van der Waals surface area contributed by atoms with Crippen LogP contribution in [-0.4, -0.2) is 22.0 Å². The topological polar surface area (TPSA) is 40.5 Å². The maximum atomic E-state index is 12.7. The van der Waals surface area contributed by atoms with E-state index in [0.29, 0.717) is 18.2 Å². The van der Waals surface area contributed by atoms with Crippen LogP contribution in [0.3, 0.4) is 0 Å². The molecule has 3 nitrogen and oxygen atoms in total. The first-order valence-electron chi connectivity index (χ1n) is 6.77. The van der Waals surface area contributed by atoms with E-state index in [9.17, 15) is 9.90 Å². The van der Waals surface area contributed by atoms with Gasteiger partial charge in [-0.3, -0.25) is 4.79 Å². The Morgan fingerprint density at radius 1 is 1.40 bits per heavy atom. The Morgan fingerprint density at radius 2 is 2.20 bits per heavy atom. The van der Waals surface area contributed by atoms with Gasteiger partial charge in [-0.2, -0.15) is 11.3 Å². The monoisotopic (exact) mass is 287 g/mol. The fourth-order valence-electron chi connectivity index (χ4n) is 2.29. The average molecular weight is 287 g/mol. The number of amides is 1. The SMILES string of the molecule is Cc1cc(C(=O)N(Cc2ccsc2)C2CC2)ccc1O. The van der Waals surface area contributed by atoms with E-state index in [2.05, 4.69) is 11.4 Å². The van der Waals surface area contributed by atoms with Crippen molar-refractivity contribution in [3.63, 3.8) is 0 Å². The lowest BCUT2D eigenvalue weighted by Crippen LogP contribution is -2.32. The van der Waals surface area contributed by atoms with Crippen molar-refractivity contribution >= 4 is 17.2 Å². The highest BCUT2D eigenvalue weighted by molar-refractivity contribution is 7.07. The Balaban J connectivity index is 1.83. The van der Waals surface area contributed by atoms with E-state index in [0.717, 1.165) is 18.4 Å². The third-order valence-corrected chi connectivity index (χ3v) is 4.36. The van der Waals surface area contributed by atoms with Crippen molar-refractivity contribution in [2.45, 2.75) is 32.4 Å². The van der Waals surface area contributed by atoms with E-state index in [1.807, 2.05) is 17.2 Å². The zero-order chi connectivity index (χ0) is 14.1. The zero-order valence-corrected chi connectivity index (χ0v) is 12.2. The molecule has 1 aliphatic carbocycles. The fourth-order valence-corrected chi connectivity index (χ4v) is 2.95. The largest absolute Gasteiger partial charge is 0.508 e. The highest BCUT2D eigenvalue weighted by atomic mass is 32.1. The molecule has 1 saturated carbocycles. The van der Waals surface area contributed by atoms with Gasteiger partial charge in [-0.05, 0) is 65.9 Å². The summed E-state index contributed by atoms with van der Waals surface area (Å²) in [6.45, 7) is 2.49. The molecule has 1 aliphatic rings. The first-order chi connectivity index (χ1) is 9.65. The van der Waals surface area contributed by atoms with Crippen LogP contribution < -0.4 is 0 Å². The Kier molecular flexibility index (Phi) is 3.49. The lowest BCUT2D eigenvalue weighted by atomic mass is 10.1. The molecule has 1 heterocycles. The Hall–Kier alpha value is -1.81. The molecule has 20 heavy (non-hydrogen) atoms. The van der Waals surface area contributed by atoms with Crippen LogP contribution in [0.2, 0.25) is 0 Å². The molecule has 104 valence electrons. The molecule has 0 saturated heterocycles. The fraction of sp³-hybridized carbons (Fsp3) is 0.312. The normalized spacial score (nSPS) is 14.2. The van der Waals surface area contributed by atoms with E-state index in [-0.39, 0.29) is 11.7 Å². The smallest absolute Gasteiger partial charge is 0.254 e. The van der Waals surface area contributed by atoms with E-state index < -0.39 is 0 Å². The number of hydrogen-bond donors (Lipinski definition) is 1. The molecule has 0 bridgehead atoms. The third kappa shape index (κ3) is 2.70. The quantitative estimate of drug-likeness (QED) is 0.934. The van der Waals surface area contributed by atoms with Gasteiger partial charge >= 0.3 is 0 Å². The predicted octanol–water partition coefficient (Wildman–Crippen LogP) is 3.57. The number of thiophene rings is 1. The molecule has 1 aromatic heterocycles. The maximum Gasteiger partial charge on any atom is 0.254 e. The van der Waals surface area contributed by atoms with E-state index in [1.165, 1.54) is 5.56 Å². The van der Waals surface area contributed by atoms with Crippen molar-refractivity contribution in [3.05, 3.63) is 51.7 Å². The summed E-state index contributed by atoms with van der Waals surface area (Å²) in [5, 5.41) is 13.7. The summed E-state index contributed by atoms with van der Waals surface area (Å²) < 4.78 is 0. The number of benzene rings is 1. The van der Waals surface area contributed by atoms with Crippen LogP contribution in [0.15, 0.2) is 35.0 Å². The van der Waals surface area contributed by atoms with Crippen LogP contribution in [0.5, 0.6) is 5.75 Å². The van der Waals surface area contributed by atoms with Crippen molar-refractivity contribution < 1.29 is 9.90 Å². The summed E-state index contributed by atoms with van der Waals surface area (Å²) in [5.74, 6) is 0.291. The molecule has 0 atom stereocenters. The molecule has 1 fully saturated rings. The van der Waals surface area contributed by atoms with Crippen molar-refractivity contribution in [2.75, 3.05) is 0 Å². The number of phenolic OH excluding ortho intramolecular Hbond substituents is 1. The summed E-state index contributed by atoms with van der Waals surface area (Å²) in [7, 11) is 0. The van der Waals surface area contributed by atoms with Crippen LogP contribution in [0, 0.1) is 6.92 Å². The van der Waals surface area contributed by atoms with Crippen molar-refractivity contribution in [1.82, 2.24) is 4.90 Å². The zero-order valence-electron chi connectivity index (χ0n) is 11.4. The highest BCUT2D eigenvalue weighted by Crippen LogP contribution is 2.30. The molecule has 0 unspecified atom stereocenters. The van der Waals surface area contributed by atoms with Gasteiger partial charge in [-0.25, -0.2) is 0 Å². The number of aromatic hydroxyl groups is 1. The minimum atomic E-state index is 0.0572. The van der Waals surface area contributed by atoms with Crippen LogP contribution in [-0.2, 0) is 6.54 Å². The second-order valence-electron chi connectivity index (χ2n) is 5.30. The number of hydrogen-bond acceptors (Lipinski definition) is 3. The van der Waals surface area contributed by atoms with Gasteiger partial charge in [-0.1, -0.05) is 0 Å². The van der Waals surface area contributed by atoms with Crippen LogP contribution >= 0.6 is 11.3 Å². The van der Waals surface area contributed by atoms with E-state index >= 15 is 0 Å². The third-order valence-electron chi connectivity index (χ3n) is 3.63. The molecule has 2 aromatic rings. The van der Waals surface area contributed by atoms with Crippen molar-refractivity contribution in [3.8, 4) is 5.75 Å². The Bertz CT molecular complexity index is 617. The van der Waals surface area contributed by atoms with Crippen LogP contribution in [0.25, 0.3) is 0 Å². The Labute approximate surface area is 122 Å². The van der Waals surface area contributed by atoms with Crippen molar-refractivity contribution in [2.24, 2.45) is 0 Å². The van der Waals surface area contributed by atoms with Gasteiger partial charge in [0.25, 0.3) is 5.91 Å². The summed E-state index contributed by atoms with van der Waals surface area (Å²) >= 11 is 1.65. The lowest BCUT2D eigenvalue weighted by molar-refractivity contribution is 0.0730. The molecule has 1 aromatic carbocycles. The van der Waals surface area contributed by atoms with E-state index in [1.54, 1.807) is 29.5 Å². The number of phenols is 1. The van der Waals surface area contributed by atoms with Gasteiger partial charge in [0.05, 0.1) is 0 Å². The van der Waals surface area contributed by atoms with E-state index in [4.69, 9.17) is 0 Å². The second-order valence-corrected chi connectivity index (χ2v) is 6.08. The van der Waals surface area contributed by atoms with Gasteiger partial charge in [0.1, 0.15) is 5.75 Å². The van der Waals surface area contributed by atoms with Crippen LogP contribution in [0.1, 0.15) is 34.3 Å².